The molecule has 0 aromatic heterocycles. The second kappa shape index (κ2) is 5.82. The molecule has 0 aromatic carbocycles. The molecule has 0 N–H and O–H groups in total. The van der Waals surface area contributed by atoms with E-state index >= 15 is 0 Å². The largest absolute Gasteiger partial charge is 2.00 e. The van der Waals surface area contributed by atoms with Gasteiger partial charge in [-0.2, -0.15) is 0 Å². The Morgan fingerprint density at radius 1 is 1.14 bits per heavy atom. The van der Waals surface area contributed by atoms with E-state index in [1.165, 1.54) is 0 Å². The van der Waals surface area contributed by atoms with Crippen LogP contribution in [0, 0.1) is 0 Å². The van der Waals surface area contributed by atoms with Crippen LogP contribution in [0.1, 0.15) is 0 Å². The fraction of sp³-hybridized carbons (Fsp3) is 0. The van der Waals surface area contributed by atoms with Crippen LogP contribution >= 0.6 is 0 Å². The SMILES string of the molecule is O=S(=O)([O-])[O-].[AsH3].[Ca+2]. The molecule has 0 amide bonds. The zero-order valence-electron chi connectivity index (χ0n) is 3.46. The first kappa shape index (κ1) is 15.9. The third-order valence-electron chi connectivity index (χ3n) is 0. The average molecular weight is 214 g/mol. The van der Waals surface area contributed by atoms with Gasteiger partial charge in [0.1, 0.15) is 0 Å². The zero-order valence-corrected chi connectivity index (χ0v) is 9.45. The summed E-state index contributed by atoms with van der Waals surface area (Å²) in [5.74, 6) is 0. The van der Waals surface area contributed by atoms with Gasteiger partial charge in [-0.15, -0.1) is 0 Å². The fourth-order valence-electron chi connectivity index (χ4n) is 0. The van der Waals surface area contributed by atoms with Crippen molar-refractivity contribution in [2.75, 3.05) is 0 Å². The molecule has 0 aliphatic carbocycles. The summed E-state index contributed by atoms with van der Waals surface area (Å²) in [6.45, 7) is 0. The van der Waals surface area contributed by atoms with Gasteiger partial charge in [0.15, 0.2) is 0 Å². The predicted octanol–water partition coefficient (Wildman–Crippen LogP) is -2.90. The maximum Gasteiger partial charge on any atom is 2.00 e. The minimum absolute atomic E-state index is 0. The van der Waals surface area contributed by atoms with Crippen molar-refractivity contribution in [1.29, 1.82) is 0 Å². The summed E-state index contributed by atoms with van der Waals surface area (Å²) in [5.41, 5.74) is 0. The molecule has 0 fully saturated rings. The summed E-state index contributed by atoms with van der Waals surface area (Å²) in [4.78, 5) is 0. The molecule has 0 aliphatic rings. The van der Waals surface area contributed by atoms with E-state index in [1.807, 2.05) is 0 Å². The minimum atomic E-state index is -5.17. The van der Waals surface area contributed by atoms with Gasteiger partial charge >= 0.3 is 55.7 Å². The first-order chi connectivity index (χ1) is 2.00. The van der Waals surface area contributed by atoms with Crippen molar-refractivity contribution in [3.05, 3.63) is 0 Å². The third-order valence-corrected chi connectivity index (χ3v) is 0. The first-order valence-corrected chi connectivity index (χ1v) is 2.00. The maximum absolute atomic E-state index is 8.52. The average Bonchev–Trinajstić information content (AvgIpc) is 0.722. The molecule has 7 heteroatoms. The Morgan fingerprint density at radius 2 is 1.14 bits per heavy atom. The van der Waals surface area contributed by atoms with Gasteiger partial charge in [-0.3, -0.25) is 8.42 Å². The van der Waals surface area contributed by atoms with Crippen molar-refractivity contribution < 1.29 is 17.5 Å². The molecule has 0 saturated carbocycles. The normalized spacial score (nSPS) is 8.29. The number of hydrogen-bond donors (Lipinski definition) is 0. The smallest absolute Gasteiger partial charge is 2.00 e. The standard InChI is InChI=1S/AsH3.Ca.H2O4S/c;;1-5(2,3)4/h1H3;;(H2,1,2,3,4)/q;+2;/p-2. The minimum Gasteiger partial charge on any atom is 2.00 e. The molecule has 4 nitrogen and oxygen atoms in total. The molecule has 0 bridgehead atoms. The maximum atomic E-state index is 8.52. The quantitative estimate of drug-likeness (QED) is 0.246. The molecular formula is H3AsCaO4S. The molecule has 7 heavy (non-hydrogen) atoms. The van der Waals surface area contributed by atoms with E-state index in [9.17, 15) is 0 Å². The van der Waals surface area contributed by atoms with Crippen LogP contribution in [0.5, 0.6) is 0 Å². The van der Waals surface area contributed by atoms with Crippen LogP contribution in [0.2, 0.25) is 0 Å². The second-order valence-corrected chi connectivity index (χ2v) is 1.22. The van der Waals surface area contributed by atoms with Gasteiger partial charge in [0.05, 0.1) is 0 Å². The van der Waals surface area contributed by atoms with Crippen LogP contribution in [0.15, 0.2) is 0 Å². The van der Waals surface area contributed by atoms with Crippen LogP contribution in [-0.2, 0) is 10.4 Å². The van der Waals surface area contributed by atoms with Crippen LogP contribution < -0.4 is 0 Å². The monoisotopic (exact) mass is 214 g/mol. The summed E-state index contributed by atoms with van der Waals surface area (Å²) in [5, 5.41) is 0. The third kappa shape index (κ3) is 87.3. The van der Waals surface area contributed by atoms with Gasteiger partial charge in [0.25, 0.3) is 0 Å². The Bertz CT molecular complexity index is 94.9. The predicted molar refractivity (Wildman–Crippen MR) is 26.2 cm³/mol. The molecule has 0 aliphatic heterocycles. The van der Waals surface area contributed by atoms with E-state index in [4.69, 9.17) is 17.5 Å². The van der Waals surface area contributed by atoms with E-state index in [-0.39, 0.29) is 55.7 Å². The van der Waals surface area contributed by atoms with E-state index in [1.54, 1.807) is 0 Å². The van der Waals surface area contributed by atoms with Crippen molar-refractivity contribution in [3.8, 4) is 0 Å². The van der Waals surface area contributed by atoms with Crippen LogP contribution in [-0.4, -0.2) is 73.2 Å². The van der Waals surface area contributed by atoms with E-state index in [2.05, 4.69) is 0 Å². The molecule has 0 aromatic rings. The summed E-state index contributed by atoms with van der Waals surface area (Å²) in [7, 11) is -5.17. The molecule has 1 atom stereocenters. The topological polar surface area (TPSA) is 80.3 Å². The Balaban J connectivity index is -0.0000000800. The zero-order chi connectivity index (χ0) is 4.50. The molecule has 0 saturated heterocycles. The fourth-order valence-corrected chi connectivity index (χ4v) is 0. The Hall–Kier alpha value is 1.69. The van der Waals surface area contributed by atoms with E-state index in [0.717, 1.165) is 0 Å². The summed E-state index contributed by atoms with van der Waals surface area (Å²) in [6.07, 6.45) is 0. The van der Waals surface area contributed by atoms with Crippen molar-refractivity contribution in [3.63, 3.8) is 0 Å². The van der Waals surface area contributed by atoms with E-state index < -0.39 is 10.4 Å². The summed E-state index contributed by atoms with van der Waals surface area (Å²) >= 11 is 0. The number of rotatable bonds is 0. The Morgan fingerprint density at radius 3 is 1.14 bits per heavy atom. The molecule has 0 spiro atoms. The second-order valence-electron chi connectivity index (χ2n) is 0.408. The van der Waals surface area contributed by atoms with Crippen molar-refractivity contribution >= 4 is 66.1 Å². The Kier molecular flexibility index (Phi) is 13.2. The molecular weight excluding hydrogens is 211 g/mol. The van der Waals surface area contributed by atoms with Gasteiger partial charge < -0.3 is 9.11 Å². The van der Waals surface area contributed by atoms with Gasteiger partial charge in [0.2, 0.25) is 0 Å². The molecule has 1 unspecified atom stereocenters. The van der Waals surface area contributed by atoms with Crippen LogP contribution in [0.4, 0.5) is 0 Å². The molecule has 40 valence electrons. The van der Waals surface area contributed by atoms with Crippen molar-refractivity contribution in [1.82, 2.24) is 0 Å². The van der Waals surface area contributed by atoms with E-state index in [0.29, 0.717) is 0 Å². The van der Waals surface area contributed by atoms with Crippen LogP contribution in [0.3, 0.4) is 0 Å². The molecule has 0 rings (SSSR count). The van der Waals surface area contributed by atoms with Gasteiger partial charge in [-0.05, 0) is 0 Å². The molecule has 0 radical (unpaired) electrons. The van der Waals surface area contributed by atoms with Crippen molar-refractivity contribution in [2.24, 2.45) is 0 Å². The Labute approximate surface area is 82.6 Å². The first-order valence-electron chi connectivity index (χ1n) is 0.667. The van der Waals surface area contributed by atoms with Crippen molar-refractivity contribution in [2.45, 2.75) is 0 Å². The summed E-state index contributed by atoms with van der Waals surface area (Å²) in [6, 6.07) is 0. The molecule has 0 heterocycles. The number of hydrogen-bond acceptors (Lipinski definition) is 4. The van der Waals surface area contributed by atoms with Gasteiger partial charge in [-0.25, -0.2) is 0 Å². The summed E-state index contributed by atoms with van der Waals surface area (Å²) < 4.78 is 34.1. The van der Waals surface area contributed by atoms with Gasteiger partial charge in [-0.1, -0.05) is 0 Å². The van der Waals surface area contributed by atoms with Crippen LogP contribution in [0.25, 0.3) is 0 Å². The van der Waals surface area contributed by atoms with Gasteiger partial charge in [0, 0.05) is 10.4 Å².